The molecule has 1 fully saturated rings. The first kappa shape index (κ1) is 30.9. The third-order valence-electron chi connectivity index (χ3n) is 6.44. The molecule has 2 aromatic rings. The third-order valence-corrected chi connectivity index (χ3v) is 6.44. The van der Waals surface area contributed by atoms with Crippen LogP contribution in [0.1, 0.15) is 68.6 Å². The number of amidine groups is 1. The molecule has 1 saturated carbocycles. The number of aromatic nitrogens is 2. The van der Waals surface area contributed by atoms with Gasteiger partial charge in [-0.1, -0.05) is 51.2 Å². The number of nitrogens with two attached hydrogens (primary N) is 1. The number of ether oxygens (including phenoxy) is 1. The van der Waals surface area contributed by atoms with Gasteiger partial charge in [0.2, 0.25) is 5.82 Å². The molecule has 3 rings (SSSR count). The summed E-state index contributed by atoms with van der Waals surface area (Å²) >= 11 is 0. The molecule has 0 aliphatic heterocycles. The van der Waals surface area contributed by atoms with Gasteiger partial charge in [0.1, 0.15) is 18.3 Å². The van der Waals surface area contributed by atoms with Crippen molar-refractivity contribution in [2.45, 2.75) is 71.4 Å². The molecule has 8 nitrogen and oxygen atoms in total. The Labute approximate surface area is 221 Å². The molecule has 1 aromatic carbocycles. The van der Waals surface area contributed by atoms with Crippen LogP contribution in [-0.4, -0.2) is 54.1 Å². The van der Waals surface area contributed by atoms with Crippen LogP contribution in [0.3, 0.4) is 0 Å². The summed E-state index contributed by atoms with van der Waals surface area (Å²) in [5, 5.41) is 7.52. The van der Waals surface area contributed by atoms with Crippen LogP contribution in [0, 0.1) is 12.8 Å². The fourth-order valence-electron chi connectivity index (χ4n) is 4.36. The van der Waals surface area contributed by atoms with Gasteiger partial charge < -0.3 is 21.1 Å². The van der Waals surface area contributed by atoms with Crippen molar-refractivity contribution < 1.29 is 9.53 Å². The summed E-state index contributed by atoms with van der Waals surface area (Å²) in [4.78, 5) is 26.9. The lowest BCUT2D eigenvalue weighted by molar-refractivity contribution is 0.0936. The average Bonchev–Trinajstić information content (AvgIpc) is 2.81. The van der Waals surface area contributed by atoms with Gasteiger partial charge in [-0.2, -0.15) is 0 Å². The monoisotopic (exact) mass is 526 g/mol. The number of anilines is 1. The molecule has 4 N–H and O–H groups in total. The first-order valence-electron chi connectivity index (χ1n) is 12.1. The molecular formula is C25H40Cl2N6O2. The maximum Gasteiger partial charge on any atom is 0.289 e. The Morgan fingerprint density at radius 1 is 1.20 bits per heavy atom. The average molecular weight is 528 g/mol. The van der Waals surface area contributed by atoms with Crippen molar-refractivity contribution in [2.75, 3.05) is 25.6 Å². The number of benzene rings is 1. The summed E-state index contributed by atoms with van der Waals surface area (Å²) in [7, 11) is 1.62. The Balaban J connectivity index is 0.00000306. The number of carbonyl (C=O) groups is 1. The van der Waals surface area contributed by atoms with Gasteiger partial charge in [0, 0.05) is 25.1 Å². The first-order valence-corrected chi connectivity index (χ1v) is 12.1. The molecule has 1 aliphatic rings. The number of amides is 1. The Hall–Kier alpha value is -2.16. The second kappa shape index (κ2) is 15.1. The molecule has 196 valence electrons. The Kier molecular flexibility index (Phi) is 13.3. The van der Waals surface area contributed by atoms with Gasteiger partial charge in [-0.25, -0.2) is 9.97 Å². The lowest BCUT2D eigenvalue weighted by atomic mass is 9.90. The molecule has 1 aliphatic carbocycles. The highest BCUT2D eigenvalue weighted by Gasteiger charge is 2.26. The highest BCUT2D eigenvalue weighted by molar-refractivity contribution is 5.96. The van der Waals surface area contributed by atoms with E-state index < -0.39 is 0 Å². The molecule has 1 heterocycles. The van der Waals surface area contributed by atoms with E-state index in [9.17, 15) is 4.79 Å². The van der Waals surface area contributed by atoms with E-state index in [-0.39, 0.29) is 48.6 Å². The van der Waals surface area contributed by atoms with E-state index in [1.807, 2.05) is 19.1 Å². The largest absolute Gasteiger partial charge is 0.386 e. The Morgan fingerprint density at radius 2 is 1.91 bits per heavy atom. The number of carbonyl (C=O) groups excluding carboxylic acids is 1. The molecule has 0 bridgehead atoms. The van der Waals surface area contributed by atoms with E-state index in [0.29, 0.717) is 30.7 Å². The number of rotatable bonds is 10. The number of hydrogen-bond acceptors (Lipinski definition) is 6. The maximum absolute atomic E-state index is 12.9. The van der Waals surface area contributed by atoms with Crippen LogP contribution in [0.25, 0.3) is 10.9 Å². The summed E-state index contributed by atoms with van der Waals surface area (Å²) < 4.78 is 5.13. The van der Waals surface area contributed by atoms with E-state index in [1.54, 1.807) is 7.11 Å². The molecule has 0 radical (unpaired) electrons. The number of fused-ring (bicyclic) bond motifs is 1. The minimum Gasteiger partial charge on any atom is -0.386 e. The van der Waals surface area contributed by atoms with Gasteiger partial charge >= 0.3 is 0 Å². The zero-order valence-electron chi connectivity index (χ0n) is 21.2. The van der Waals surface area contributed by atoms with Crippen LogP contribution in [0.15, 0.2) is 23.2 Å². The van der Waals surface area contributed by atoms with Crippen LogP contribution in [-0.2, 0) is 4.74 Å². The van der Waals surface area contributed by atoms with Gasteiger partial charge in [-0.3, -0.25) is 9.79 Å². The van der Waals surface area contributed by atoms with E-state index in [0.717, 1.165) is 55.0 Å². The zero-order chi connectivity index (χ0) is 23.8. The standard InChI is InChI=1S/C25H38N6O2.2ClH/c1-5-17(6-2)14-27-25(32)24-29-19-12-11-16(3)13-18(19)23(31-24)30-21-10-8-7-9-20(21)28-22(26)15-33-4;;/h11-13,17,20-21H,5-10,14-15H2,1-4H3,(H2,26,28)(H,27,32)(H,29,30,31);2*1H/t20-,21+;;/m1../s1. The quantitative estimate of drug-likeness (QED) is 0.306. The topological polar surface area (TPSA) is 115 Å². The third kappa shape index (κ3) is 8.47. The van der Waals surface area contributed by atoms with E-state index in [4.69, 9.17) is 15.5 Å². The van der Waals surface area contributed by atoms with Crippen molar-refractivity contribution in [1.29, 1.82) is 0 Å². The zero-order valence-corrected chi connectivity index (χ0v) is 22.8. The molecule has 2 atom stereocenters. The molecule has 0 spiro atoms. The summed E-state index contributed by atoms with van der Waals surface area (Å²) in [5.74, 6) is 1.58. The Morgan fingerprint density at radius 3 is 2.60 bits per heavy atom. The van der Waals surface area contributed by atoms with Crippen molar-refractivity contribution in [3.05, 3.63) is 29.6 Å². The van der Waals surface area contributed by atoms with Gasteiger partial charge in [0.25, 0.3) is 5.91 Å². The number of aliphatic imine (C=N–C) groups is 1. The maximum atomic E-state index is 12.9. The van der Waals surface area contributed by atoms with Crippen LogP contribution >= 0.6 is 24.8 Å². The van der Waals surface area contributed by atoms with Crippen molar-refractivity contribution >= 4 is 53.3 Å². The minimum atomic E-state index is -0.241. The number of halogens is 2. The summed E-state index contributed by atoms with van der Waals surface area (Å²) in [5.41, 5.74) is 7.91. The van der Waals surface area contributed by atoms with E-state index in [2.05, 4.69) is 40.5 Å². The number of hydrogen-bond donors (Lipinski definition) is 3. The number of nitrogens with zero attached hydrogens (tertiary/aromatic N) is 3. The number of nitrogens with one attached hydrogen (secondary N) is 2. The molecule has 10 heteroatoms. The molecule has 1 aromatic heterocycles. The van der Waals surface area contributed by atoms with Crippen LogP contribution in [0.2, 0.25) is 0 Å². The van der Waals surface area contributed by atoms with Crippen LogP contribution in [0.5, 0.6) is 0 Å². The van der Waals surface area contributed by atoms with Crippen molar-refractivity contribution in [3.63, 3.8) is 0 Å². The SMILES string of the molecule is CCC(CC)CNC(=O)c1nc(N[C@H]2CCCC[C@H]2N=C(N)COC)c2cc(C)ccc2n1.Cl.Cl. The predicted octanol–water partition coefficient (Wildman–Crippen LogP) is 4.67. The summed E-state index contributed by atoms with van der Waals surface area (Å²) in [6.45, 7) is 7.26. The molecule has 0 unspecified atom stereocenters. The highest BCUT2D eigenvalue weighted by atomic mass is 35.5. The van der Waals surface area contributed by atoms with Gasteiger partial charge in [-0.15, -0.1) is 24.8 Å². The molecule has 35 heavy (non-hydrogen) atoms. The normalized spacial score (nSPS) is 18.0. The molecule has 1 amide bonds. The van der Waals surface area contributed by atoms with Crippen molar-refractivity contribution in [3.8, 4) is 0 Å². The summed E-state index contributed by atoms with van der Waals surface area (Å²) in [6.07, 6.45) is 6.18. The molecular weight excluding hydrogens is 487 g/mol. The fourth-order valence-corrected chi connectivity index (χ4v) is 4.36. The second-order valence-corrected chi connectivity index (χ2v) is 8.97. The number of methoxy groups -OCH3 is 1. The van der Waals surface area contributed by atoms with Crippen molar-refractivity contribution in [2.24, 2.45) is 16.6 Å². The number of aryl methyl sites for hydroxylation is 1. The molecule has 0 saturated heterocycles. The van der Waals surface area contributed by atoms with E-state index >= 15 is 0 Å². The highest BCUT2D eigenvalue weighted by Crippen LogP contribution is 2.28. The van der Waals surface area contributed by atoms with Gasteiger partial charge in [0.15, 0.2) is 0 Å². The smallest absolute Gasteiger partial charge is 0.289 e. The lowest BCUT2D eigenvalue weighted by Gasteiger charge is -2.30. The van der Waals surface area contributed by atoms with Crippen LogP contribution in [0.4, 0.5) is 5.82 Å². The van der Waals surface area contributed by atoms with E-state index in [1.165, 1.54) is 0 Å². The van der Waals surface area contributed by atoms with Crippen molar-refractivity contribution in [1.82, 2.24) is 15.3 Å². The Bertz CT molecular complexity index is 984. The lowest BCUT2D eigenvalue weighted by Crippen LogP contribution is -2.38. The van der Waals surface area contributed by atoms with Gasteiger partial charge in [0.05, 0.1) is 11.6 Å². The van der Waals surface area contributed by atoms with Crippen LogP contribution < -0.4 is 16.4 Å². The second-order valence-electron chi connectivity index (χ2n) is 8.97. The fraction of sp³-hybridized carbons (Fsp3) is 0.600. The van der Waals surface area contributed by atoms with Gasteiger partial charge in [-0.05, 0) is 37.8 Å². The first-order chi connectivity index (χ1) is 15.9. The summed E-state index contributed by atoms with van der Waals surface area (Å²) in [6, 6.07) is 6.13. The predicted molar refractivity (Wildman–Crippen MR) is 148 cm³/mol. The minimum absolute atomic E-state index is 0.